The van der Waals surface area contributed by atoms with Gasteiger partial charge in [-0.05, 0) is 43.5 Å². The van der Waals surface area contributed by atoms with Crippen molar-refractivity contribution in [3.8, 4) is 0 Å². The summed E-state index contributed by atoms with van der Waals surface area (Å²) in [5.74, 6) is 0.521. The van der Waals surface area contributed by atoms with Crippen LogP contribution in [0.4, 0.5) is 17.5 Å². The van der Waals surface area contributed by atoms with Crippen LogP contribution in [-0.2, 0) is 4.79 Å². The molecular weight excluding hydrogens is 360 g/mol. The summed E-state index contributed by atoms with van der Waals surface area (Å²) in [6.07, 6.45) is 2.23. The van der Waals surface area contributed by atoms with Crippen LogP contribution in [0, 0.1) is 6.92 Å². The molecule has 1 aromatic heterocycles. The first kappa shape index (κ1) is 15.7. The molecular formula is C16H17BrN4O2. The number of aromatic nitrogens is 2. The second-order valence-corrected chi connectivity index (χ2v) is 6.52. The van der Waals surface area contributed by atoms with Crippen LogP contribution in [0.15, 0.2) is 28.7 Å². The van der Waals surface area contributed by atoms with Gasteiger partial charge in [0.2, 0.25) is 5.95 Å². The number of aliphatic carboxylic acids is 1. The van der Waals surface area contributed by atoms with Gasteiger partial charge in [-0.2, -0.15) is 4.98 Å². The normalized spacial score (nSPS) is 13.7. The van der Waals surface area contributed by atoms with E-state index in [-0.39, 0.29) is 6.54 Å². The number of carbonyl (C=O) groups is 1. The lowest BCUT2D eigenvalue weighted by atomic mass is 10.2. The summed E-state index contributed by atoms with van der Waals surface area (Å²) < 4.78 is 1.02. The van der Waals surface area contributed by atoms with Crippen molar-refractivity contribution in [1.82, 2.24) is 9.97 Å². The predicted molar refractivity (Wildman–Crippen MR) is 92.3 cm³/mol. The molecule has 1 aromatic carbocycles. The maximum Gasteiger partial charge on any atom is 0.322 e. The molecule has 2 aromatic rings. The maximum absolute atomic E-state index is 10.7. The number of anilines is 3. The molecule has 1 saturated carbocycles. The largest absolute Gasteiger partial charge is 0.480 e. The lowest BCUT2D eigenvalue weighted by molar-refractivity contribution is -0.134. The van der Waals surface area contributed by atoms with Crippen molar-refractivity contribution in [2.75, 3.05) is 17.2 Å². The molecule has 0 atom stereocenters. The minimum Gasteiger partial charge on any atom is -0.480 e. The van der Waals surface area contributed by atoms with Gasteiger partial charge in [-0.25, -0.2) is 4.98 Å². The lowest BCUT2D eigenvalue weighted by Gasteiger charge is -2.12. The molecule has 23 heavy (non-hydrogen) atoms. The number of aryl methyl sites for hydroxylation is 1. The summed E-state index contributed by atoms with van der Waals surface area (Å²) in [6.45, 7) is 1.81. The summed E-state index contributed by atoms with van der Waals surface area (Å²) in [7, 11) is 0. The van der Waals surface area contributed by atoms with Gasteiger partial charge in [-0.1, -0.05) is 15.9 Å². The fourth-order valence-corrected chi connectivity index (χ4v) is 2.73. The van der Waals surface area contributed by atoms with E-state index in [1.54, 1.807) is 0 Å². The summed E-state index contributed by atoms with van der Waals surface area (Å²) in [5.41, 5.74) is 2.99. The van der Waals surface area contributed by atoms with E-state index in [4.69, 9.17) is 5.11 Å². The number of nitrogens with one attached hydrogen (secondary N) is 2. The van der Waals surface area contributed by atoms with Crippen LogP contribution in [0.3, 0.4) is 0 Å². The highest BCUT2D eigenvalue weighted by Gasteiger charge is 2.26. The minimum atomic E-state index is -0.941. The topological polar surface area (TPSA) is 87.1 Å². The Morgan fingerprint density at radius 2 is 2.13 bits per heavy atom. The highest BCUT2D eigenvalue weighted by molar-refractivity contribution is 9.10. The Bertz CT molecular complexity index is 747. The Labute approximate surface area is 142 Å². The molecule has 6 nitrogen and oxygen atoms in total. The molecule has 0 radical (unpaired) electrons. The smallest absolute Gasteiger partial charge is 0.322 e. The highest BCUT2D eigenvalue weighted by atomic mass is 79.9. The third-order valence-corrected chi connectivity index (χ3v) is 4.08. The number of halogens is 1. The highest BCUT2D eigenvalue weighted by Crippen LogP contribution is 2.40. The summed E-state index contributed by atoms with van der Waals surface area (Å²) in [6, 6.07) is 7.89. The molecule has 0 saturated heterocycles. The minimum absolute atomic E-state index is 0.204. The first-order chi connectivity index (χ1) is 11.0. The molecule has 0 amide bonds. The van der Waals surface area contributed by atoms with Crippen LogP contribution < -0.4 is 10.6 Å². The number of hydrogen-bond acceptors (Lipinski definition) is 5. The molecule has 3 N–H and O–H groups in total. The second kappa shape index (κ2) is 6.54. The number of rotatable bonds is 6. The zero-order chi connectivity index (χ0) is 16.4. The Balaban J connectivity index is 1.86. The maximum atomic E-state index is 10.7. The number of benzene rings is 1. The third kappa shape index (κ3) is 4.19. The average Bonchev–Trinajstić information content (AvgIpc) is 3.33. The molecule has 0 spiro atoms. The number of nitrogens with zero attached hydrogens (tertiary/aromatic N) is 2. The molecule has 120 valence electrons. The van der Waals surface area contributed by atoms with Gasteiger partial charge in [0.25, 0.3) is 0 Å². The number of carboxylic acids is 1. The van der Waals surface area contributed by atoms with E-state index in [2.05, 4.69) is 36.5 Å². The van der Waals surface area contributed by atoms with E-state index in [0.29, 0.717) is 17.7 Å². The first-order valence-corrected chi connectivity index (χ1v) is 8.18. The molecule has 1 aliphatic rings. The van der Waals surface area contributed by atoms with Crippen molar-refractivity contribution in [2.45, 2.75) is 25.7 Å². The summed E-state index contributed by atoms with van der Waals surface area (Å²) >= 11 is 3.45. The molecule has 1 fully saturated rings. The molecule has 3 rings (SSSR count). The zero-order valence-corrected chi connectivity index (χ0v) is 14.2. The van der Waals surface area contributed by atoms with Crippen molar-refractivity contribution in [2.24, 2.45) is 0 Å². The van der Waals surface area contributed by atoms with Crippen LogP contribution in [0.5, 0.6) is 0 Å². The van der Waals surface area contributed by atoms with Crippen molar-refractivity contribution >= 4 is 39.4 Å². The van der Waals surface area contributed by atoms with E-state index in [1.165, 1.54) is 0 Å². The van der Waals surface area contributed by atoms with Gasteiger partial charge in [0.15, 0.2) is 0 Å². The van der Waals surface area contributed by atoms with E-state index in [1.807, 2.05) is 31.2 Å². The molecule has 0 aliphatic heterocycles. The molecule has 1 aliphatic carbocycles. The predicted octanol–water partition coefficient (Wildman–Crippen LogP) is 3.67. The Morgan fingerprint density at radius 1 is 1.35 bits per heavy atom. The zero-order valence-electron chi connectivity index (χ0n) is 12.6. The average molecular weight is 377 g/mol. The summed E-state index contributed by atoms with van der Waals surface area (Å²) in [5, 5.41) is 14.8. The standard InChI is InChI=1S/C16H17BrN4O2/c1-9-6-11(17)4-5-12(9)19-14-7-13(10-2-3-10)20-16(21-14)18-8-15(22)23/h4-7,10H,2-3,8H2,1H3,(H,22,23)(H2,18,19,20,21). The van der Waals surface area contributed by atoms with Gasteiger partial charge in [-0.15, -0.1) is 0 Å². The lowest BCUT2D eigenvalue weighted by Crippen LogP contribution is -2.15. The van der Waals surface area contributed by atoms with Gasteiger partial charge in [0, 0.05) is 22.1 Å². The van der Waals surface area contributed by atoms with E-state index in [0.717, 1.165) is 34.3 Å². The van der Waals surface area contributed by atoms with Crippen LogP contribution in [0.2, 0.25) is 0 Å². The second-order valence-electron chi connectivity index (χ2n) is 5.61. The van der Waals surface area contributed by atoms with Crippen molar-refractivity contribution in [3.63, 3.8) is 0 Å². The SMILES string of the molecule is Cc1cc(Br)ccc1Nc1cc(C2CC2)nc(NCC(=O)O)n1. The molecule has 0 bridgehead atoms. The monoisotopic (exact) mass is 376 g/mol. The number of hydrogen-bond donors (Lipinski definition) is 3. The molecule has 1 heterocycles. The van der Waals surface area contributed by atoms with E-state index in [9.17, 15) is 4.79 Å². The van der Waals surface area contributed by atoms with Crippen LogP contribution in [-0.4, -0.2) is 27.6 Å². The van der Waals surface area contributed by atoms with Gasteiger partial charge in [0.1, 0.15) is 12.4 Å². The first-order valence-electron chi connectivity index (χ1n) is 7.39. The third-order valence-electron chi connectivity index (χ3n) is 3.59. The van der Waals surface area contributed by atoms with Gasteiger partial charge in [0.05, 0.1) is 5.69 Å². The fraction of sp³-hybridized carbons (Fsp3) is 0.312. The van der Waals surface area contributed by atoms with Crippen LogP contribution in [0.1, 0.15) is 30.0 Å². The fourth-order valence-electron chi connectivity index (χ4n) is 2.26. The molecule has 0 unspecified atom stereocenters. The Hall–Kier alpha value is -2.15. The quantitative estimate of drug-likeness (QED) is 0.712. The summed E-state index contributed by atoms with van der Waals surface area (Å²) in [4.78, 5) is 19.5. The van der Waals surface area contributed by atoms with E-state index >= 15 is 0 Å². The van der Waals surface area contributed by atoms with Gasteiger partial charge >= 0.3 is 5.97 Å². The Morgan fingerprint density at radius 3 is 2.78 bits per heavy atom. The van der Waals surface area contributed by atoms with Gasteiger partial charge in [-0.3, -0.25) is 4.79 Å². The Kier molecular flexibility index (Phi) is 4.47. The molecule has 7 heteroatoms. The van der Waals surface area contributed by atoms with E-state index < -0.39 is 5.97 Å². The van der Waals surface area contributed by atoms with Crippen molar-refractivity contribution < 1.29 is 9.90 Å². The van der Waals surface area contributed by atoms with Crippen molar-refractivity contribution in [1.29, 1.82) is 0 Å². The van der Waals surface area contributed by atoms with Gasteiger partial charge < -0.3 is 15.7 Å². The van der Waals surface area contributed by atoms with Crippen LogP contribution >= 0.6 is 15.9 Å². The number of carboxylic acid groups (broad SMARTS) is 1. The van der Waals surface area contributed by atoms with Crippen LogP contribution in [0.25, 0.3) is 0 Å². The van der Waals surface area contributed by atoms with Crippen molar-refractivity contribution in [3.05, 3.63) is 40.0 Å².